The fraction of sp³-hybridized carbons (Fsp3) is 0.625. The predicted octanol–water partition coefficient (Wildman–Crippen LogP) is 6.23. The van der Waals surface area contributed by atoms with Crippen LogP contribution >= 0.6 is 12.4 Å². The van der Waals surface area contributed by atoms with Crippen LogP contribution < -0.4 is 5.32 Å². The van der Waals surface area contributed by atoms with Gasteiger partial charge in [0.15, 0.2) is 0 Å². The zero-order valence-electron chi connectivity index (χ0n) is 18.4. The van der Waals surface area contributed by atoms with Crippen LogP contribution in [-0.2, 0) is 4.79 Å². The summed E-state index contributed by atoms with van der Waals surface area (Å²) in [4.78, 5) is 13.1. The molecule has 0 fully saturated rings. The van der Waals surface area contributed by atoms with Crippen LogP contribution in [0, 0.1) is 0 Å². The molecule has 0 saturated heterocycles. The highest BCUT2D eigenvalue weighted by atomic mass is 35.5. The lowest BCUT2D eigenvalue weighted by molar-refractivity contribution is -0.118. The van der Waals surface area contributed by atoms with Crippen molar-refractivity contribution < 1.29 is 4.79 Å². The third-order valence-corrected chi connectivity index (χ3v) is 4.22. The number of nitrogens with zero attached hydrogens (tertiary/aromatic N) is 1. The SMILES string of the molecule is CCCCCN(C)C/C=C\C/C=C\C/C=C\C/C=C\CCCCNC(C)=O.Cl. The Morgan fingerprint density at radius 2 is 1.39 bits per heavy atom. The van der Waals surface area contributed by atoms with E-state index in [4.69, 9.17) is 0 Å². The monoisotopic (exact) mass is 410 g/mol. The maximum absolute atomic E-state index is 10.7. The van der Waals surface area contributed by atoms with Crippen molar-refractivity contribution >= 4 is 18.3 Å². The normalized spacial score (nSPS) is 12.0. The molecule has 0 aliphatic carbocycles. The Bertz CT molecular complexity index is 456. The fourth-order valence-corrected chi connectivity index (χ4v) is 2.56. The van der Waals surface area contributed by atoms with E-state index in [2.05, 4.69) is 72.8 Å². The third kappa shape index (κ3) is 24.7. The van der Waals surface area contributed by atoms with Crippen molar-refractivity contribution in [2.45, 2.75) is 71.6 Å². The summed E-state index contributed by atoms with van der Waals surface area (Å²) in [6, 6.07) is 0. The van der Waals surface area contributed by atoms with Crippen molar-refractivity contribution in [2.75, 3.05) is 26.7 Å². The van der Waals surface area contributed by atoms with Crippen LogP contribution in [0.5, 0.6) is 0 Å². The molecule has 0 heterocycles. The van der Waals surface area contributed by atoms with Crippen LogP contribution in [0.1, 0.15) is 71.6 Å². The second-order valence-corrected chi connectivity index (χ2v) is 7.04. The molecule has 0 aliphatic rings. The van der Waals surface area contributed by atoms with E-state index < -0.39 is 0 Å². The largest absolute Gasteiger partial charge is 0.356 e. The van der Waals surface area contributed by atoms with E-state index in [1.54, 1.807) is 6.92 Å². The Labute approximate surface area is 180 Å². The molecule has 0 aromatic heterocycles. The molecule has 0 aliphatic heterocycles. The number of likely N-dealkylation sites (N-methyl/N-ethyl adjacent to an activating group) is 1. The number of hydrogen-bond acceptors (Lipinski definition) is 2. The Kier molecular flexibility index (Phi) is 24.5. The van der Waals surface area contributed by atoms with Gasteiger partial charge in [0.25, 0.3) is 0 Å². The zero-order chi connectivity index (χ0) is 20.0. The van der Waals surface area contributed by atoms with E-state index in [9.17, 15) is 4.79 Å². The third-order valence-electron chi connectivity index (χ3n) is 4.22. The molecule has 0 saturated carbocycles. The van der Waals surface area contributed by atoms with Gasteiger partial charge >= 0.3 is 0 Å². The summed E-state index contributed by atoms with van der Waals surface area (Å²) in [6.45, 7) is 6.85. The molecule has 162 valence electrons. The molecule has 4 heteroatoms. The van der Waals surface area contributed by atoms with Gasteiger partial charge < -0.3 is 10.2 Å². The minimum Gasteiger partial charge on any atom is -0.356 e. The molecular formula is C24H43ClN2O. The number of carbonyl (C=O) groups excluding carboxylic acids is 1. The van der Waals surface area contributed by atoms with Crippen LogP contribution in [0.3, 0.4) is 0 Å². The first-order chi connectivity index (χ1) is 13.2. The van der Waals surface area contributed by atoms with Crippen molar-refractivity contribution in [1.82, 2.24) is 10.2 Å². The van der Waals surface area contributed by atoms with Gasteiger partial charge in [-0.2, -0.15) is 0 Å². The highest BCUT2D eigenvalue weighted by Gasteiger charge is 1.93. The Hall–Kier alpha value is -1.32. The van der Waals surface area contributed by atoms with Crippen molar-refractivity contribution in [2.24, 2.45) is 0 Å². The molecule has 28 heavy (non-hydrogen) atoms. The average molecular weight is 411 g/mol. The van der Waals surface area contributed by atoms with Gasteiger partial charge in [-0.1, -0.05) is 68.4 Å². The molecule has 0 aromatic carbocycles. The molecule has 0 bridgehead atoms. The van der Waals surface area contributed by atoms with Crippen molar-refractivity contribution in [1.29, 1.82) is 0 Å². The van der Waals surface area contributed by atoms with E-state index in [0.29, 0.717) is 0 Å². The first-order valence-electron chi connectivity index (χ1n) is 10.7. The minimum absolute atomic E-state index is 0. The van der Waals surface area contributed by atoms with Gasteiger partial charge in [-0.25, -0.2) is 0 Å². The standard InChI is InChI=1S/C24H42N2O.ClH/c1-4-5-19-22-26(3)23-20-17-15-13-11-9-7-6-8-10-12-14-16-18-21-25-24(2)27;/h6-7,10-13,17,20H,4-5,8-9,14-16,18-19,21-23H2,1-3H3,(H,25,27);1H/b7-6-,12-10-,13-11-,20-17-;. The van der Waals surface area contributed by atoms with Crippen molar-refractivity contribution in [3.05, 3.63) is 48.6 Å². The Balaban J connectivity index is 0. The smallest absolute Gasteiger partial charge is 0.216 e. The molecular weight excluding hydrogens is 368 g/mol. The summed E-state index contributed by atoms with van der Waals surface area (Å²) in [5.74, 6) is 0.0613. The van der Waals surface area contributed by atoms with Gasteiger partial charge in [-0.3, -0.25) is 4.79 Å². The average Bonchev–Trinajstić information content (AvgIpc) is 2.64. The number of allylic oxidation sites excluding steroid dienone is 7. The molecule has 0 unspecified atom stereocenters. The predicted molar refractivity (Wildman–Crippen MR) is 127 cm³/mol. The van der Waals surface area contributed by atoms with Gasteiger partial charge in [-0.15, -0.1) is 12.4 Å². The molecule has 0 aromatic rings. The molecule has 0 atom stereocenters. The quantitative estimate of drug-likeness (QED) is 0.227. The summed E-state index contributed by atoms with van der Waals surface area (Å²) in [5, 5.41) is 2.82. The Morgan fingerprint density at radius 1 is 0.821 bits per heavy atom. The number of rotatable bonds is 17. The van der Waals surface area contributed by atoms with E-state index in [-0.39, 0.29) is 18.3 Å². The van der Waals surface area contributed by atoms with E-state index >= 15 is 0 Å². The van der Waals surface area contributed by atoms with E-state index in [1.165, 1.54) is 25.8 Å². The fourth-order valence-electron chi connectivity index (χ4n) is 2.56. The Morgan fingerprint density at radius 3 is 1.96 bits per heavy atom. The van der Waals surface area contributed by atoms with Gasteiger partial charge in [0.2, 0.25) is 5.91 Å². The number of halogens is 1. The summed E-state index contributed by atoms with van der Waals surface area (Å²) in [7, 11) is 2.20. The number of nitrogens with one attached hydrogen (secondary N) is 1. The maximum atomic E-state index is 10.7. The number of carbonyl (C=O) groups is 1. The maximum Gasteiger partial charge on any atom is 0.216 e. The lowest BCUT2D eigenvalue weighted by Gasteiger charge is -2.13. The topological polar surface area (TPSA) is 32.3 Å². The zero-order valence-corrected chi connectivity index (χ0v) is 19.2. The lowest BCUT2D eigenvalue weighted by atomic mass is 10.2. The highest BCUT2D eigenvalue weighted by molar-refractivity contribution is 5.85. The number of amides is 1. The molecule has 0 rings (SSSR count). The van der Waals surface area contributed by atoms with Crippen LogP contribution in [0.4, 0.5) is 0 Å². The van der Waals surface area contributed by atoms with Gasteiger partial charge in [-0.05, 0) is 58.5 Å². The van der Waals surface area contributed by atoms with E-state index in [0.717, 1.165) is 51.6 Å². The van der Waals surface area contributed by atoms with Crippen molar-refractivity contribution in [3.8, 4) is 0 Å². The minimum atomic E-state index is 0. The molecule has 0 spiro atoms. The number of hydrogen-bond donors (Lipinski definition) is 1. The van der Waals surface area contributed by atoms with Crippen LogP contribution in [-0.4, -0.2) is 37.5 Å². The summed E-state index contributed by atoms with van der Waals surface area (Å²) >= 11 is 0. The summed E-state index contributed by atoms with van der Waals surface area (Å²) < 4.78 is 0. The summed E-state index contributed by atoms with van der Waals surface area (Å²) in [5.41, 5.74) is 0. The first-order valence-corrected chi connectivity index (χ1v) is 10.7. The second kappa shape index (κ2) is 23.7. The van der Waals surface area contributed by atoms with Gasteiger partial charge in [0.05, 0.1) is 0 Å². The van der Waals surface area contributed by atoms with Gasteiger partial charge in [0.1, 0.15) is 0 Å². The number of unbranched alkanes of at least 4 members (excludes halogenated alkanes) is 4. The second-order valence-electron chi connectivity index (χ2n) is 7.04. The highest BCUT2D eigenvalue weighted by Crippen LogP contribution is 1.99. The molecule has 1 N–H and O–H groups in total. The van der Waals surface area contributed by atoms with Crippen LogP contribution in [0.15, 0.2) is 48.6 Å². The van der Waals surface area contributed by atoms with E-state index in [1.807, 2.05) is 0 Å². The van der Waals surface area contributed by atoms with Crippen LogP contribution in [0.2, 0.25) is 0 Å². The lowest BCUT2D eigenvalue weighted by Crippen LogP contribution is -2.20. The molecule has 0 radical (unpaired) electrons. The van der Waals surface area contributed by atoms with Gasteiger partial charge in [0, 0.05) is 20.0 Å². The van der Waals surface area contributed by atoms with Crippen LogP contribution in [0.25, 0.3) is 0 Å². The van der Waals surface area contributed by atoms with Crippen molar-refractivity contribution in [3.63, 3.8) is 0 Å². The first kappa shape index (κ1) is 28.9. The molecule has 1 amide bonds. The molecule has 3 nitrogen and oxygen atoms in total. The summed E-state index contributed by atoms with van der Waals surface area (Å²) in [6.07, 6.45) is 28.1.